The molecule has 0 radical (unpaired) electrons. The van der Waals surface area contributed by atoms with Crippen molar-refractivity contribution in [2.45, 2.75) is 6.54 Å². The van der Waals surface area contributed by atoms with Gasteiger partial charge in [-0.1, -0.05) is 48.5 Å². The number of piperazine rings is 1. The Morgan fingerprint density at radius 1 is 0.844 bits per heavy atom. The number of anilines is 1. The molecule has 0 unspecified atom stereocenters. The lowest BCUT2D eigenvalue weighted by atomic mass is 10.1. The molecular weight excluding hydrogens is 398 g/mol. The molecule has 4 aromatic rings. The van der Waals surface area contributed by atoms with Gasteiger partial charge in [0.25, 0.3) is 5.91 Å². The number of carbonyl (C=O) groups is 1. The Labute approximate surface area is 187 Å². The van der Waals surface area contributed by atoms with E-state index in [4.69, 9.17) is 5.10 Å². The van der Waals surface area contributed by atoms with Gasteiger partial charge in [0.1, 0.15) is 5.69 Å². The van der Waals surface area contributed by atoms with Gasteiger partial charge in [-0.3, -0.25) is 14.5 Å². The van der Waals surface area contributed by atoms with Crippen molar-refractivity contribution in [1.29, 1.82) is 0 Å². The largest absolute Gasteiger partial charge is 0.368 e. The van der Waals surface area contributed by atoms with Gasteiger partial charge in [-0.05, 0) is 29.8 Å². The minimum atomic E-state index is 0.0240. The lowest BCUT2D eigenvalue weighted by Gasteiger charge is -2.36. The van der Waals surface area contributed by atoms with Crippen molar-refractivity contribution in [3.63, 3.8) is 0 Å². The molecule has 6 heteroatoms. The van der Waals surface area contributed by atoms with Crippen LogP contribution in [-0.4, -0.2) is 51.8 Å². The summed E-state index contributed by atoms with van der Waals surface area (Å²) >= 11 is 0. The first-order valence-electron chi connectivity index (χ1n) is 10.9. The van der Waals surface area contributed by atoms with E-state index >= 15 is 0 Å². The van der Waals surface area contributed by atoms with Gasteiger partial charge in [-0.25, -0.2) is 0 Å². The second kappa shape index (κ2) is 9.06. The number of pyridine rings is 1. The second-order valence-corrected chi connectivity index (χ2v) is 7.93. The third kappa shape index (κ3) is 4.25. The molecule has 2 aromatic heterocycles. The molecule has 0 N–H and O–H groups in total. The van der Waals surface area contributed by atoms with E-state index in [0.717, 1.165) is 24.2 Å². The van der Waals surface area contributed by atoms with Gasteiger partial charge < -0.3 is 9.80 Å². The van der Waals surface area contributed by atoms with E-state index in [2.05, 4.69) is 34.1 Å². The van der Waals surface area contributed by atoms with Crippen LogP contribution in [0.25, 0.3) is 11.3 Å². The van der Waals surface area contributed by atoms with Gasteiger partial charge in [0.05, 0.1) is 12.1 Å². The molecule has 160 valence electrons. The maximum Gasteiger partial charge on any atom is 0.257 e. The number of benzene rings is 2. The highest BCUT2D eigenvalue weighted by Crippen LogP contribution is 2.24. The van der Waals surface area contributed by atoms with Crippen molar-refractivity contribution in [3.8, 4) is 11.3 Å². The monoisotopic (exact) mass is 423 g/mol. The highest BCUT2D eigenvalue weighted by Gasteiger charge is 2.26. The molecule has 0 atom stereocenters. The molecule has 1 aliphatic rings. The Bertz CT molecular complexity index is 1170. The minimum absolute atomic E-state index is 0.0240. The van der Waals surface area contributed by atoms with E-state index in [0.29, 0.717) is 30.9 Å². The van der Waals surface area contributed by atoms with Crippen molar-refractivity contribution in [2.75, 3.05) is 31.1 Å². The lowest BCUT2D eigenvalue weighted by Crippen LogP contribution is -2.48. The molecule has 3 heterocycles. The van der Waals surface area contributed by atoms with E-state index in [1.165, 1.54) is 5.69 Å². The summed E-state index contributed by atoms with van der Waals surface area (Å²) in [5, 5.41) is 4.77. The molecule has 1 fully saturated rings. The van der Waals surface area contributed by atoms with Crippen LogP contribution in [0.2, 0.25) is 0 Å². The fourth-order valence-electron chi connectivity index (χ4n) is 4.12. The topological polar surface area (TPSA) is 54.3 Å². The zero-order valence-corrected chi connectivity index (χ0v) is 17.8. The molecule has 0 aliphatic carbocycles. The van der Waals surface area contributed by atoms with E-state index in [9.17, 15) is 4.79 Å². The van der Waals surface area contributed by atoms with Gasteiger partial charge in [0, 0.05) is 56.0 Å². The van der Waals surface area contributed by atoms with Crippen LogP contribution in [0.5, 0.6) is 0 Å². The predicted molar refractivity (Wildman–Crippen MR) is 126 cm³/mol. The molecule has 6 nitrogen and oxygen atoms in total. The zero-order chi connectivity index (χ0) is 21.8. The van der Waals surface area contributed by atoms with Gasteiger partial charge in [-0.15, -0.1) is 0 Å². The van der Waals surface area contributed by atoms with Crippen molar-refractivity contribution in [2.24, 2.45) is 0 Å². The van der Waals surface area contributed by atoms with Crippen LogP contribution in [0.3, 0.4) is 0 Å². The first-order chi connectivity index (χ1) is 15.8. The van der Waals surface area contributed by atoms with Crippen LogP contribution >= 0.6 is 0 Å². The number of carbonyl (C=O) groups excluding carboxylic acids is 1. The quantitative estimate of drug-likeness (QED) is 0.488. The summed E-state index contributed by atoms with van der Waals surface area (Å²) in [5.41, 5.74) is 4.51. The summed E-state index contributed by atoms with van der Waals surface area (Å²) in [6.45, 7) is 3.61. The standard InChI is InChI=1S/C26H25N5O/c32-26(30-16-14-29(15-17-30)23-11-5-2-6-12-23)24-20-31(19-21-8-3-1-4-9-21)28-25(24)22-10-7-13-27-18-22/h1-13,18,20H,14-17,19H2. The van der Waals surface area contributed by atoms with Crippen LogP contribution in [0.4, 0.5) is 5.69 Å². The van der Waals surface area contributed by atoms with Gasteiger partial charge in [0.2, 0.25) is 0 Å². The van der Waals surface area contributed by atoms with Crippen LogP contribution in [0, 0.1) is 0 Å². The number of para-hydroxylation sites is 1. The van der Waals surface area contributed by atoms with Crippen LogP contribution < -0.4 is 4.90 Å². The fourth-order valence-corrected chi connectivity index (χ4v) is 4.12. The van der Waals surface area contributed by atoms with E-state index in [1.54, 1.807) is 12.4 Å². The summed E-state index contributed by atoms with van der Waals surface area (Å²) in [7, 11) is 0. The SMILES string of the molecule is O=C(c1cn(Cc2ccccc2)nc1-c1cccnc1)N1CCN(c2ccccc2)CC1. The number of aromatic nitrogens is 3. The van der Waals surface area contributed by atoms with Gasteiger partial charge in [0.15, 0.2) is 0 Å². The molecule has 1 amide bonds. The lowest BCUT2D eigenvalue weighted by molar-refractivity contribution is 0.0747. The van der Waals surface area contributed by atoms with E-state index < -0.39 is 0 Å². The number of hydrogen-bond acceptors (Lipinski definition) is 4. The van der Waals surface area contributed by atoms with Gasteiger partial charge in [-0.2, -0.15) is 5.10 Å². The molecule has 32 heavy (non-hydrogen) atoms. The third-order valence-electron chi connectivity index (χ3n) is 5.80. The fraction of sp³-hybridized carbons (Fsp3) is 0.192. The molecule has 0 saturated carbocycles. The molecule has 0 bridgehead atoms. The van der Waals surface area contributed by atoms with Crippen LogP contribution in [-0.2, 0) is 6.54 Å². The van der Waals surface area contributed by atoms with Gasteiger partial charge >= 0.3 is 0 Å². The zero-order valence-electron chi connectivity index (χ0n) is 17.8. The van der Waals surface area contributed by atoms with Crippen molar-refractivity contribution < 1.29 is 4.79 Å². The number of hydrogen-bond donors (Lipinski definition) is 0. The first-order valence-corrected chi connectivity index (χ1v) is 10.9. The van der Waals surface area contributed by atoms with Crippen LogP contribution in [0.1, 0.15) is 15.9 Å². The Morgan fingerprint density at radius 2 is 1.56 bits per heavy atom. The maximum absolute atomic E-state index is 13.5. The Morgan fingerprint density at radius 3 is 2.25 bits per heavy atom. The van der Waals surface area contributed by atoms with Crippen molar-refractivity contribution >= 4 is 11.6 Å². The third-order valence-corrected chi connectivity index (χ3v) is 5.80. The summed E-state index contributed by atoms with van der Waals surface area (Å²) in [5.74, 6) is 0.0240. The number of amides is 1. The predicted octanol–water partition coefficient (Wildman–Crippen LogP) is 3.96. The summed E-state index contributed by atoms with van der Waals surface area (Å²) in [4.78, 5) is 22.0. The van der Waals surface area contributed by atoms with Crippen LogP contribution in [0.15, 0.2) is 91.4 Å². The molecular formula is C26H25N5O. The Balaban J connectivity index is 1.38. The molecule has 1 saturated heterocycles. The maximum atomic E-state index is 13.5. The average molecular weight is 424 g/mol. The molecule has 1 aliphatic heterocycles. The first kappa shape index (κ1) is 20.0. The summed E-state index contributed by atoms with van der Waals surface area (Å²) < 4.78 is 1.85. The number of rotatable bonds is 5. The Hall–Kier alpha value is -3.93. The van der Waals surface area contributed by atoms with E-state index in [1.807, 2.05) is 64.3 Å². The number of nitrogens with zero attached hydrogens (tertiary/aromatic N) is 5. The van der Waals surface area contributed by atoms with Crippen molar-refractivity contribution in [1.82, 2.24) is 19.7 Å². The average Bonchev–Trinajstić information content (AvgIpc) is 3.29. The summed E-state index contributed by atoms with van der Waals surface area (Å²) in [6.07, 6.45) is 5.37. The highest BCUT2D eigenvalue weighted by molar-refractivity contribution is 5.99. The minimum Gasteiger partial charge on any atom is -0.368 e. The van der Waals surface area contributed by atoms with Crippen molar-refractivity contribution in [3.05, 3.63) is 103 Å². The molecule has 2 aromatic carbocycles. The molecule has 5 rings (SSSR count). The highest BCUT2D eigenvalue weighted by atomic mass is 16.2. The molecule has 0 spiro atoms. The summed E-state index contributed by atoms with van der Waals surface area (Å²) in [6, 6.07) is 24.3. The Kier molecular flexibility index (Phi) is 5.66. The second-order valence-electron chi connectivity index (χ2n) is 7.93. The smallest absolute Gasteiger partial charge is 0.257 e. The normalized spacial score (nSPS) is 13.9. The van der Waals surface area contributed by atoms with E-state index in [-0.39, 0.29) is 5.91 Å².